The third-order valence-corrected chi connectivity index (χ3v) is 7.97. The lowest BCUT2D eigenvalue weighted by Gasteiger charge is -2.55. The molecular weight excluding hydrogens is 512 g/mol. The van der Waals surface area contributed by atoms with Gasteiger partial charge in [0, 0.05) is 11.5 Å². The van der Waals surface area contributed by atoms with Gasteiger partial charge in [0.05, 0.1) is 22.9 Å². The summed E-state index contributed by atoms with van der Waals surface area (Å²) in [5.41, 5.74) is 2.40. The van der Waals surface area contributed by atoms with E-state index in [2.05, 4.69) is 15.9 Å². The lowest BCUT2D eigenvalue weighted by atomic mass is 9.53. The van der Waals surface area contributed by atoms with E-state index < -0.39 is 64.3 Å². The number of halogens is 1. The van der Waals surface area contributed by atoms with Gasteiger partial charge >= 0.3 is 0 Å². The molecule has 1 aromatic rings. The summed E-state index contributed by atoms with van der Waals surface area (Å²) in [4.78, 5) is 52.7. The Morgan fingerprint density at radius 2 is 1.88 bits per heavy atom. The van der Waals surface area contributed by atoms with Crippen LogP contribution in [0.15, 0.2) is 23.5 Å². The molecule has 11 heteroatoms. The molecule has 0 spiro atoms. The number of hydrogen-bond acceptors (Lipinski definition) is 9. The smallest absolute Gasteiger partial charge is 0.255 e. The molecule has 2 unspecified atom stereocenters. The number of benzene rings is 1. The third-order valence-electron chi connectivity index (χ3n) is 7.46. The SMILES string of the molecule is CN(C)[C@@H]1C(O)=C(C(N)=O)C(=O)[C@@]2(O)C(O)C3C(=O)c4c(O)ccc(C(=O)CBr)c4C[C@H]3C[C@@H]12. The molecule has 1 aromatic carbocycles. The number of carbonyl (C=O) groups excluding carboxylic acids is 4. The molecule has 3 aliphatic carbocycles. The van der Waals surface area contributed by atoms with Crippen molar-refractivity contribution in [3.63, 3.8) is 0 Å². The highest BCUT2D eigenvalue weighted by molar-refractivity contribution is 9.09. The Balaban J connectivity index is 1.90. The molecule has 0 radical (unpaired) electrons. The Labute approximate surface area is 203 Å². The van der Waals surface area contributed by atoms with E-state index in [9.17, 15) is 39.6 Å². The zero-order chi connectivity index (χ0) is 25.3. The Hall–Kier alpha value is -2.60. The minimum absolute atomic E-state index is 0.00324. The number of phenols is 1. The van der Waals surface area contributed by atoms with Crippen molar-refractivity contribution in [2.75, 3.05) is 19.4 Å². The predicted octanol–water partition coefficient (Wildman–Crippen LogP) is -0.137. The lowest BCUT2D eigenvalue weighted by Crippen LogP contribution is -2.71. The van der Waals surface area contributed by atoms with Gasteiger partial charge in [0.1, 0.15) is 23.2 Å². The largest absolute Gasteiger partial charge is 0.510 e. The summed E-state index contributed by atoms with van der Waals surface area (Å²) >= 11 is 3.11. The standard InChI is InChI=1S/C23H25BrN2O8/c1-26(2)17-11-6-8-5-10-9(13(28)7-24)3-4-12(27)15(10)18(29)14(8)20(31)23(11,34)21(32)16(19(17)30)22(25)33/h3-4,8,11,14,17,20,27,30-31,34H,5-7H2,1-2H3,(H2,25,33)/t8-,11-,14?,17-,20?,23-/m0/s1. The number of nitrogens with zero attached hydrogens (tertiary/aromatic N) is 1. The molecule has 10 nitrogen and oxygen atoms in total. The second-order valence-electron chi connectivity index (χ2n) is 9.37. The van der Waals surface area contributed by atoms with Crippen molar-refractivity contribution in [3.05, 3.63) is 40.2 Å². The molecule has 1 fully saturated rings. The molecule has 0 aliphatic heterocycles. The molecule has 1 amide bonds. The molecule has 4 rings (SSSR count). The quantitative estimate of drug-likeness (QED) is 0.199. The summed E-state index contributed by atoms with van der Waals surface area (Å²) in [5, 5.41) is 44.1. The minimum atomic E-state index is -2.57. The van der Waals surface area contributed by atoms with Gasteiger partial charge in [-0.1, -0.05) is 15.9 Å². The van der Waals surface area contributed by atoms with Crippen molar-refractivity contribution in [1.82, 2.24) is 4.90 Å². The summed E-state index contributed by atoms with van der Waals surface area (Å²) in [6.45, 7) is 0. The zero-order valence-corrected chi connectivity index (χ0v) is 20.1. The number of alkyl halides is 1. The molecule has 3 aliphatic rings. The number of phenolic OH excluding ortho intramolecular Hbond substituents is 1. The number of aromatic hydroxyl groups is 1. The van der Waals surface area contributed by atoms with Crippen molar-refractivity contribution >= 4 is 39.2 Å². The number of aliphatic hydroxyl groups excluding tert-OH is 2. The number of likely N-dealkylation sites (N-methyl/N-ethyl adjacent to an activating group) is 1. The number of amides is 1. The number of nitrogens with two attached hydrogens (primary N) is 1. The predicted molar refractivity (Wildman–Crippen MR) is 122 cm³/mol. The van der Waals surface area contributed by atoms with Crippen LogP contribution in [0, 0.1) is 17.8 Å². The molecule has 0 bridgehead atoms. The summed E-state index contributed by atoms with van der Waals surface area (Å²) in [6, 6.07) is 1.62. The molecule has 6 N–H and O–H groups in total. The first-order valence-electron chi connectivity index (χ1n) is 10.7. The number of fused-ring (bicyclic) bond motifs is 3. The van der Waals surface area contributed by atoms with Gasteiger partial charge in [0.25, 0.3) is 5.91 Å². The molecule has 0 heterocycles. The Morgan fingerprint density at radius 3 is 2.44 bits per heavy atom. The van der Waals surface area contributed by atoms with Gasteiger partial charge in [-0.05, 0) is 50.6 Å². The van der Waals surface area contributed by atoms with Crippen LogP contribution >= 0.6 is 15.9 Å². The maximum atomic E-state index is 13.5. The first-order chi connectivity index (χ1) is 15.9. The van der Waals surface area contributed by atoms with Crippen LogP contribution in [-0.2, 0) is 16.0 Å². The monoisotopic (exact) mass is 536 g/mol. The normalized spacial score (nSPS) is 32.8. The zero-order valence-electron chi connectivity index (χ0n) is 18.5. The summed E-state index contributed by atoms with van der Waals surface area (Å²) in [5.74, 6) is -7.43. The van der Waals surface area contributed by atoms with Crippen molar-refractivity contribution < 1.29 is 39.6 Å². The molecule has 0 aromatic heterocycles. The van der Waals surface area contributed by atoms with E-state index in [0.717, 1.165) is 0 Å². The third kappa shape index (κ3) is 3.18. The Morgan fingerprint density at radius 1 is 1.24 bits per heavy atom. The van der Waals surface area contributed by atoms with E-state index in [1.54, 1.807) is 14.1 Å². The number of Topliss-reactive ketones (excluding diaryl/α,β-unsaturated/α-hetero) is 3. The highest BCUT2D eigenvalue weighted by atomic mass is 79.9. The van der Waals surface area contributed by atoms with Gasteiger partial charge in [-0.2, -0.15) is 0 Å². The average Bonchev–Trinajstić information content (AvgIpc) is 2.75. The summed E-state index contributed by atoms with van der Waals surface area (Å²) in [7, 11) is 3.14. The minimum Gasteiger partial charge on any atom is -0.510 e. The van der Waals surface area contributed by atoms with Gasteiger partial charge < -0.3 is 26.2 Å². The van der Waals surface area contributed by atoms with Crippen LogP contribution in [0.25, 0.3) is 0 Å². The second kappa shape index (κ2) is 8.26. The Bertz CT molecular complexity index is 1160. The molecular formula is C23H25BrN2O8. The molecule has 34 heavy (non-hydrogen) atoms. The fourth-order valence-electron chi connectivity index (χ4n) is 6.03. The van der Waals surface area contributed by atoms with E-state index in [0.29, 0.717) is 5.56 Å². The fraction of sp³-hybridized carbons (Fsp3) is 0.478. The first kappa shape index (κ1) is 24.5. The van der Waals surface area contributed by atoms with Crippen LogP contribution in [0.1, 0.15) is 32.7 Å². The maximum Gasteiger partial charge on any atom is 0.255 e. The van der Waals surface area contributed by atoms with Gasteiger partial charge in [0.2, 0.25) is 5.78 Å². The molecule has 0 saturated heterocycles. The average molecular weight is 537 g/mol. The highest BCUT2D eigenvalue weighted by Gasteiger charge is 2.66. The number of aliphatic hydroxyl groups is 3. The fourth-order valence-corrected chi connectivity index (χ4v) is 6.33. The van der Waals surface area contributed by atoms with E-state index in [1.165, 1.54) is 17.0 Å². The summed E-state index contributed by atoms with van der Waals surface area (Å²) in [6.07, 6.45) is -1.80. The van der Waals surface area contributed by atoms with Crippen LogP contribution in [0.4, 0.5) is 0 Å². The van der Waals surface area contributed by atoms with Gasteiger partial charge in [-0.15, -0.1) is 0 Å². The molecule has 1 saturated carbocycles. The maximum absolute atomic E-state index is 13.5. The van der Waals surface area contributed by atoms with Crippen molar-refractivity contribution in [2.45, 2.75) is 30.6 Å². The van der Waals surface area contributed by atoms with Crippen molar-refractivity contribution in [3.8, 4) is 5.75 Å². The van der Waals surface area contributed by atoms with Crippen LogP contribution in [0.3, 0.4) is 0 Å². The molecule has 182 valence electrons. The van der Waals surface area contributed by atoms with Crippen molar-refractivity contribution in [2.24, 2.45) is 23.5 Å². The van der Waals surface area contributed by atoms with Crippen LogP contribution in [0.2, 0.25) is 0 Å². The number of rotatable bonds is 4. The van der Waals surface area contributed by atoms with Gasteiger partial charge in [0.15, 0.2) is 17.2 Å². The number of hydrogen-bond donors (Lipinski definition) is 5. The Kier molecular flexibility index (Phi) is 5.96. The summed E-state index contributed by atoms with van der Waals surface area (Å²) < 4.78 is 0. The van der Waals surface area contributed by atoms with Crippen LogP contribution in [0.5, 0.6) is 5.75 Å². The second-order valence-corrected chi connectivity index (χ2v) is 9.93. The van der Waals surface area contributed by atoms with Gasteiger partial charge in [-0.3, -0.25) is 24.1 Å². The number of ketones is 3. The van der Waals surface area contributed by atoms with Crippen LogP contribution in [-0.4, -0.2) is 85.8 Å². The first-order valence-corrected chi connectivity index (χ1v) is 11.8. The van der Waals surface area contributed by atoms with Crippen molar-refractivity contribution in [1.29, 1.82) is 0 Å². The van der Waals surface area contributed by atoms with Crippen LogP contribution < -0.4 is 5.73 Å². The van der Waals surface area contributed by atoms with E-state index in [1.807, 2.05) is 0 Å². The van der Waals surface area contributed by atoms with E-state index in [4.69, 9.17) is 5.73 Å². The topological polar surface area (TPSA) is 178 Å². The molecule has 6 atom stereocenters. The van der Waals surface area contributed by atoms with E-state index in [-0.39, 0.29) is 40.8 Å². The lowest BCUT2D eigenvalue weighted by molar-refractivity contribution is -0.190. The number of carbonyl (C=O) groups is 4. The highest BCUT2D eigenvalue weighted by Crippen LogP contribution is 2.53. The number of primary amides is 1. The van der Waals surface area contributed by atoms with Gasteiger partial charge in [-0.25, -0.2) is 0 Å². The van der Waals surface area contributed by atoms with E-state index >= 15 is 0 Å².